The second-order valence-corrected chi connectivity index (χ2v) is 3.57. The van der Waals surface area contributed by atoms with E-state index in [2.05, 4.69) is 10.1 Å². The van der Waals surface area contributed by atoms with Gasteiger partial charge in [-0.3, -0.25) is 0 Å². The summed E-state index contributed by atoms with van der Waals surface area (Å²) in [6.45, 7) is 0.883. The van der Waals surface area contributed by atoms with Gasteiger partial charge in [0.25, 0.3) is 0 Å². The van der Waals surface area contributed by atoms with Crippen molar-refractivity contribution >= 4 is 17.6 Å². The van der Waals surface area contributed by atoms with E-state index in [1.54, 1.807) is 12.1 Å². The average Bonchev–Trinajstić information content (AvgIpc) is 2.25. The molecule has 0 fully saturated rings. The Balaban J connectivity index is 2.83. The maximum absolute atomic E-state index is 11.2. The Morgan fingerprint density at radius 3 is 2.80 bits per heavy atom. The summed E-state index contributed by atoms with van der Waals surface area (Å²) in [7, 11) is 3.23. The van der Waals surface area contributed by atoms with Crippen LogP contribution >= 0.6 is 11.6 Å². The summed E-state index contributed by atoms with van der Waals surface area (Å²) in [5.41, 5.74) is 1.51. The minimum Gasteiger partial charge on any atom is -0.465 e. The molecule has 0 unspecified atom stereocenters. The summed E-state index contributed by atoms with van der Waals surface area (Å²) < 4.78 is 4.60. The number of halogens is 1. The van der Waals surface area contributed by atoms with Gasteiger partial charge in [-0.05, 0) is 37.7 Å². The number of carbonyl (C=O) groups is 1. The summed E-state index contributed by atoms with van der Waals surface area (Å²) in [5, 5.41) is 3.49. The highest BCUT2D eigenvalue weighted by Crippen LogP contribution is 2.18. The molecule has 0 aliphatic carbocycles. The largest absolute Gasteiger partial charge is 0.465 e. The van der Waals surface area contributed by atoms with E-state index < -0.39 is 5.97 Å². The molecule has 82 valence electrons. The number of rotatable bonds is 4. The van der Waals surface area contributed by atoms with Crippen LogP contribution < -0.4 is 5.32 Å². The van der Waals surface area contributed by atoms with Crippen molar-refractivity contribution < 1.29 is 9.53 Å². The lowest BCUT2D eigenvalue weighted by Crippen LogP contribution is -2.10. The molecule has 0 saturated heterocycles. The van der Waals surface area contributed by atoms with Crippen LogP contribution in [0.2, 0.25) is 5.02 Å². The molecule has 0 aliphatic heterocycles. The monoisotopic (exact) mass is 227 g/mol. The lowest BCUT2D eigenvalue weighted by atomic mass is 10.1. The molecule has 0 bridgehead atoms. The van der Waals surface area contributed by atoms with Crippen molar-refractivity contribution in [1.82, 2.24) is 5.32 Å². The summed E-state index contributed by atoms with van der Waals surface area (Å²) in [5.74, 6) is -0.403. The minimum absolute atomic E-state index is 0.403. The summed E-state index contributed by atoms with van der Waals surface area (Å²) in [6.07, 6.45) is 0.887. The van der Waals surface area contributed by atoms with E-state index in [1.165, 1.54) is 7.11 Å². The molecule has 0 aliphatic rings. The number of carbonyl (C=O) groups excluding carboxylic acids is 1. The molecule has 1 N–H and O–H groups in total. The topological polar surface area (TPSA) is 38.3 Å². The summed E-state index contributed by atoms with van der Waals surface area (Å²) >= 11 is 5.96. The Labute approximate surface area is 94.4 Å². The number of esters is 1. The number of hydrogen-bond donors (Lipinski definition) is 1. The van der Waals surface area contributed by atoms with Crippen LogP contribution in [-0.4, -0.2) is 26.7 Å². The maximum Gasteiger partial charge on any atom is 0.339 e. The number of benzene rings is 1. The molecule has 0 heterocycles. The molecule has 1 rings (SSSR count). The van der Waals surface area contributed by atoms with Crippen LogP contribution in [0, 0.1) is 0 Å². The first-order valence-corrected chi connectivity index (χ1v) is 5.08. The highest BCUT2D eigenvalue weighted by Gasteiger charge is 2.10. The van der Waals surface area contributed by atoms with Gasteiger partial charge in [0.15, 0.2) is 0 Å². The van der Waals surface area contributed by atoms with Gasteiger partial charge in [-0.1, -0.05) is 17.7 Å². The Bertz CT molecular complexity index is 352. The van der Waals surface area contributed by atoms with Crippen LogP contribution in [-0.2, 0) is 11.2 Å². The van der Waals surface area contributed by atoms with Crippen molar-refractivity contribution in [3.63, 3.8) is 0 Å². The van der Waals surface area contributed by atoms with Gasteiger partial charge in [0, 0.05) is 0 Å². The number of hydrogen-bond acceptors (Lipinski definition) is 3. The molecule has 3 nitrogen and oxygen atoms in total. The van der Waals surface area contributed by atoms with E-state index in [0.717, 1.165) is 18.5 Å². The smallest absolute Gasteiger partial charge is 0.339 e. The predicted molar refractivity (Wildman–Crippen MR) is 60.4 cm³/mol. The fraction of sp³-hybridized carbons (Fsp3) is 0.364. The zero-order chi connectivity index (χ0) is 11.3. The highest BCUT2D eigenvalue weighted by atomic mass is 35.5. The number of likely N-dealkylation sites (N-methyl/N-ethyl adjacent to an activating group) is 1. The first kappa shape index (κ1) is 12.0. The van der Waals surface area contributed by atoms with Gasteiger partial charge >= 0.3 is 5.97 Å². The second-order valence-electron chi connectivity index (χ2n) is 3.16. The van der Waals surface area contributed by atoms with Crippen LogP contribution in [0.25, 0.3) is 0 Å². The molecule has 1 aromatic carbocycles. The van der Waals surface area contributed by atoms with Gasteiger partial charge < -0.3 is 10.1 Å². The van der Waals surface area contributed by atoms with Gasteiger partial charge in [-0.15, -0.1) is 0 Å². The van der Waals surface area contributed by atoms with Gasteiger partial charge in [0.05, 0.1) is 17.7 Å². The van der Waals surface area contributed by atoms with E-state index in [0.29, 0.717) is 10.6 Å². The van der Waals surface area contributed by atoms with E-state index >= 15 is 0 Å². The first-order chi connectivity index (χ1) is 7.19. The van der Waals surface area contributed by atoms with Gasteiger partial charge in [0.1, 0.15) is 0 Å². The van der Waals surface area contributed by atoms with Crippen LogP contribution in [0.4, 0.5) is 0 Å². The van der Waals surface area contributed by atoms with Crippen LogP contribution in [0.15, 0.2) is 18.2 Å². The Hall–Kier alpha value is -1.06. The number of nitrogens with one attached hydrogen (secondary N) is 1. The SMILES string of the molecule is CNCCc1ccc(C(=O)OC)c(Cl)c1. The van der Waals surface area contributed by atoms with Gasteiger partial charge in [-0.25, -0.2) is 4.79 Å². The predicted octanol–water partition coefficient (Wildman–Crippen LogP) is 1.89. The standard InChI is InChI=1S/C11H14ClNO2/c1-13-6-5-8-3-4-9(10(12)7-8)11(14)15-2/h3-4,7,13H,5-6H2,1-2H3. The number of ether oxygens (including phenoxy) is 1. The van der Waals surface area contributed by atoms with E-state index in [-0.39, 0.29) is 0 Å². The van der Waals surface area contributed by atoms with Crippen molar-refractivity contribution in [3.8, 4) is 0 Å². The van der Waals surface area contributed by atoms with Gasteiger partial charge in [0.2, 0.25) is 0 Å². The molecule has 0 saturated carbocycles. The van der Waals surface area contributed by atoms with Crippen molar-refractivity contribution in [2.45, 2.75) is 6.42 Å². The van der Waals surface area contributed by atoms with Crippen LogP contribution in [0.5, 0.6) is 0 Å². The molecule has 15 heavy (non-hydrogen) atoms. The fourth-order valence-electron chi connectivity index (χ4n) is 1.26. The van der Waals surface area contributed by atoms with Crippen molar-refractivity contribution in [1.29, 1.82) is 0 Å². The third kappa shape index (κ3) is 3.22. The molecule has 0 radical (unpaired) electrons. The van der Waals surface area contributed by atoms with Crippen molar-refractivity contribution in [3.05, 3.63) is 34.3 Å². The Morgan fingerprint density at radius 1 is 1.53 bits per heavy atom. The van der Waals surface area contributed by atoms with Crippen LogP contribution in [0.1, 0.15) is 15.9 Å². The van der Waals surface area contributed by atoms with E-state index in [1.807, 2.05) is 13.1 Å². The van der Waals surface area contributed by atoms with E-state index in [4.69, 9.17) is 11.6 Å². The van der Waals surface area contributed by atoms with Crippen molar-refractivity contribution in [2.24, 2.45) is 0 Å². The summed E-state index contributed by atoms with van der Waals surface area (Å²) in [4.78, 5) is 11.2. The Morgan fingerprint density at radius 2 is 2.27 bits per heavy atom. The highest BCUT2D eigenvalue weighted by molar-refractivity contribution is 6.33. The molecular formula is C11H14ClNO2. The number of methoxy groups -OCH3 is 1. The second kappa shape index (κ2) is 5.73. The molecule has 0 amide bonds. The third-order valence-corrected chi connectivity index (χ3v) is 2.42. The molecule has 0 spiro atoms. The molecule has 0 aromatic heterocycles. The van der Waals surface area contributed by atoms with Crippen molar-refractivity contribution in [2.75, 3.05) is 20.7 Å². The summed E-state index contributed by atoms with van der Waals surface area (Å²) in [6, 6.07) is 5.37. The zero-order valence-corrected chi connectivity index (χ0v) is 9.60. The fourth-order valence-corrected chi connectivity index (χ4v) is 1.54. The lowest BCUT2D eigenvalue weighted by Gasteiger charge is -2.05. The normalized spacial score (nSPS) is 10.1. The van der Waals surface area contributed by atoms with Gasteiger partial charge in [-0.2, -0.15) is 0 Å². The van der Waals surface area contributed by atoms with E-state index in [9.17, 15) is 4.79 Å². The quantitative estimate of drug-likeness (QED) is 0.799. The molecule has 4 heteroatoms. The first-order valence-electron chi connectivity index (χ1n) is 4.70. The molecular weight excluding hydrogens is 214 g/mol. The molecule has 0 atom stereocenters. The third-order valence-electron chi connectivity index (χ3n) is 2.10. The average molecular weight is 228 g/mol. The molecule has 1 aromatic rings. The lowest BCUT2D eigenvalue weighted by molar-refractivity contribution is 0.0601. The maximum atomic E-state index is 11.2. The minimum atomic E-state index is -0.403. The zero-order valence-electron chi connectivity index (χ0n) is 8.84. The van der Waals surface area contributed by atoms with Crippen LogP contribution in [0.3, 0.4) is 0 Å². The Kier molecular flexibility index (Phi) is 4.59.